The van der Waals surface area contributed by atoms with Gasteiger partial charge in [-0.15, -0.1) is 0 Å². The number of H-pyrrole nitrogens is 1. The molecule has 6 heteroatoms. The number of aromatic nitrogens is 4. The minimum absolute atomic E-state index is 0.753. The van der Waals surface area contributed by atoms with Gasteiger partial charge >= 0.3 is 0 Å². The van der Waals surface area contributed by atoms with E-state index < -0.39 is 0 Å². The molecule has 1 N–H and O–H groups in total. The quantitative estimate of drug-likeness (QED) is 0.514. The number of rotatable bonds is 5. The second kappa shape index (κ2) is 6.41. The molecule has 5 aromatic rings. The number of para-hydroxylation sites is 1. The van der Waals surface area contributed by atoms with Gasteiger partial charge in [-0.25, -0.2) is 4.98 Å². The summed E-state index contributed by atoms with van der Waals surface area (Å²) >= 11 is 0. The van der Waals surface area contributed by atoms with Crippen LogP contribution in [-0.2, 0) is 13.1 Å². The summed E-state index contributed by atoms with van der Waals surface area (Å²) in [6.45, 7) is 1.54. The molecule has 0 saturated heterocycles. The first-order chi connectivity index (χ1) is 13.3. The van der Waals surface area contributed by atoms with Crippen LogP contribution in [-0.4, -0.2) is 31.5 Å². The lowest BCUT2D eigenvalue weighted by Gasteiger charge is -2.16. The molecule has 1 aromatic carbocycles. The summed E-state index contributed by atoms with van der Waals surface area (Å²) in [5.74, 6) is 0.812. The number of benzene rings is 1. The van der Waals surface area contributed by atoms with Crippen molar-refractivity contribution in [2.45, 2.75) is 13.1 Å². The number of hydrogen-bond donors (Lipinski definition) is 1. The maximum atomic E-state index is 5.99. The van der Waals surface area contributed by atoms with Gasteiger partial charge in [0.05, 0.1) is 18.1 Å². The average molecular weight is 357 g/mol. The van der Waals surface area contributed by atoms with Gasteiger partial charge in [-0.05, 0) is 31.3 Å². The van der Waals surface area contributed by atoms with Crippen molar-refractivity contribution in [2.75, 3.05) is 7.05 Å². The molecule has 5 rings (SSSR count). The van der Waals surface area contributed by atoms with E-state index in [0.717, 1.165) is 52.4 Å². The van der Waals surface area contributed by atoms with Crippen molar-refractivity contribution in [3.05, 3.63) is 78.4 Å². The average Bonchev–Trinajstić information content (AvgIpc) is 3.40. The molecular formula is C21H19N5O. The topological polar surface area (TPSA) is 62.4 Å². The monoisotopic (exact) mass is 357 g/mol. The van der Waals surface area contributed by atoms with Gasteiger partial charge in [-0.1, -0.05) is 24.3 Å². The first-order valence-corrected chi connectivity index (χ1v) is 8.88. The molecule has 4 heterocycles. The first kappa shape index (κ1) is 15.8. The molecule has 0 radical (unpaired) electrons. The molecule has 0 unspecified atom stereocenters. The normalized spacial score (nSPS) is 11.8. The molecule has 0 atom stereocenters. The van der Waals surface area contributed by atoms with Crippen LogP contribution in [0.5, 0.6) is 0 Å². The second-order valence-electron chi connectivity index (χ2n) is 6.77. The van der Waals surface area contributed by atoms with Crippen LogP contribution in [0, 0.1) is 0 Å². The fraction of sp³-hybridized carbons (Fsp3) is 0.143. The van der Waals surface area contributed by atoms with Crippen LogP contribution in [0.25, 0.3) is 28.1 Å². The zero-order valence-electron chi connectivity index (χ0n) is 15.0. The van der Waals surface area contributed by atoms with Crippen molar-refractivity contribution in [1.82, 2.24) is 24.5 Å². The SMILES string of the molecule is CN(Cc1cn[nH]c1-c1cc2ccccc2o1)Cc1cnc2ccccn12. The van der Waals surface area contributed by atoms with Gasteiger partial charge in [0.15, 0.2) is 5.76 Å². The van der Waals surface area contributed by atoms with Crippen molar-refractivity contribution in [2.24, 2.45) is 0 Å². The van der Waals surface area contributed by atoms with E-state index >= 15 is 0 Å². The number of nitrogens with one attached hydrogen (secondary N) is 1. The number of pyridine rings is 1. The second-order valence-corrected chi connectivity index (χ2v) is 6.77. The molecule has 0 aliphatic carbocycles. The van der Waals surface area contributed by atoms with Crippen LogP contribution in [0.2, 0.25) is 0 Å². The summed E-state index contributed by atoms with van der Waals surface area (Å²) in [6, 6.07) is 16.1. The number of furan rings is 1. The minimum Gasteiger partial charge on any atom is -0.454 e. The third kappa shape index (κ3) is 2.90. The van der Waals surface area contributed by atoms with Crippen molar-refractivity contribution in [1.29, 1.82) is 0 Å². The van der Waals surface area contributed by atoms with Crippen LogP contribution in [0.1, 0.15) is 11.3 Å². The Labute approximate surface area is 156 Å². The Hall–Kier alpha value is -3.38. The molecular weight excluding hydrogens is 338 g/mol. The van der Waals surface area contributed by atoms with Gasteiger partial charge in [0.2, 0.25) is 0 Å². The molecule has 134 valence electrons. The maximum absolute atomic E-state index is 5.99. The molecule has 0 aliphatic rings. The van der Waals surface area contributed by atoms with Gasteiger partial charge in [-0.2, -0.15) is 5.10 Å². The third-order valence-corrected chi connectivity index (χ3v) is 4.76. The molecule has 0 amide bonds. The number of aromatic amines is 1. The van der Waals surface area contributed by atoms with Crippen LogP contribution >= 0.6 is 0 Å². The third-order valence-electron chi connectivity index (χ3n) is 4.76. The Balaban J connectivity index is 1.39. The molecule has 6 nitrogen and oxygen atoms in total. The van der Waals surface area contributed by atoms with Gasteiger partial charge in [-0.3, -0.25) is 10.00 Å². The smallest absolute Gasteiger partial charge is 0.153 e. The summed E-state index contributed by atoms with van der Waals surface area (Å²) in [5, 5.41) is 8.42. The highest BCUT2D eigenvalue weighted by Gasteiger charge is 2.15. The summed E-state index contributed by atoms with van der Waals surface area (Å²) in [5.41, 5.74) is 5.03. The van der Waals surface area contributed by atoms with Gasteiger partial charge in [0, 0.05) is 30.2 Å². The lowest BCUT2D eigenvalue weighted by Crippen LogP contribution is -2.18. The standard InChI is InChI=1S/C21H19N5O/c1-25(14-17-12-22-20-8-4-5-9-26(17)20)13-16-11-23-24-21(16)19-10-15-6-2-3-7-18(15)27-19/h2-12H,13-14H2,1H3,(H,23,24). The zero-order chi connectivity index (χ0) is 18.2. The number of fused-ring (bicyclic) bond motifs is 2. The first-order valence-electron chi connectivity index (χ1n) is 8.88. The highest BCUT2D eigenvalue weighted by Crippen LogP contribution is 2.29. The fourth-order valence-electron chi connectivity index (χ4n) is 3.47. The molecule has 27 heavy (non-hydrogen) atoms. The van der Waals surface area contributed by atoms with Crippen molar-refractivity contribution in [3.63, 3.8) is 0 Å². The zero-order valence-corrected chi connectivity index (χ0v) is 15.0. The Morgan fingerprint density at radius 2 is 1.96 bits per heavy atom. The lowest BCUT2D eigenvalue weighted by molar-refractivity contribution is 0.314. The van der Waals surface area contributed by atoms with Gasteiger partial charge < -0.3 is 8.82 Å². The van der Waals surface area contributed by atoms with Crippen molar-refractivity contribution in [3.8, 4) is 11.5 Å². The molecule has 0 fully saturated rings. The van der Waals surface area contributed by atoms with E-state index in [2.05, 4.69) is 43.7 Å². The largest absolute Gasteiger partial charge is 0.454 e. The van der Waals surface area contributed by atoms with E-state index in [1.807, 2.05) is 55.0 Å². The van der Waals surface area contributed by atoms with Crippen LogP contribution in [0.3, 0.4) is 0 Å². The van der Waals surface area contributed by atoms with Crippen LogP contribution < -0.4 is 0 Å². The molecule has 4 aromatic heterocycles. The minimum atomic E-state index is 0.753. The van der Waals surface area contributed by atoms with Gasteiger partial charge in [0.1, 0.15) is 16.9 Å². The number of hydrogen-bond acceptors (Lipinski definition) is 4. The van der Waals surface area contributed by atoms with Crippen LogP contribution in [0.15, 0.2) is 71.5 Å². The van der Waals surface area contributed by atoms with E-state index in [9.17, 15) is 0 Å². The van der Waals surface area contributed by atoms with E-state index in [4.69, 9.17) is 4.42 Å². The summed E-state index contributed by atoms with van der Waals surface area (Å²) in [4.78, 5) is 6.70. The molecule has 0 saturated carbocycles. The Morgan fingerprint density at radius 1 is 1.07 bits per heavy atom. The fourth-order valence-corrected chi connectivity index (χ4v) is 3.47. The van der Waals surface area contributed by atoms with Gasteiger partial charge in [0.25, 0.3) is 0 Å². The Kier molecular flexibility index (Phi) is 3.76. The molecule has 0 spiro atoms. The summed E-state index contributed by atoms with van der Waals surface area (Å²) in [7, 11) is 2.09. The predicted octanol–water partition coefficient (Wildman–Crippen LogP) is 4.10. The number of nitrogens with zero attached hydrogens (tertiary/aromatic N) is 4. The van der Waals surface area contributed by atoms with Crippen molar-refractivity contribution >= 4 is 16.6 Å². The van der Waals surface area contributed by atoms with Crippen LogP contribution in [0.4, 0.5) is 0 Å². The predicted molar refractivity (Wildman–Crippen MR) is 104 cm³/mol. The van der Waals surface area contributed by atoms with E-state index in [-0.39, 0.29) is 0 Å². The Morgan fingerprint density at radius 3 is 2.89 bits per heavy atom. The summed E-state index contributed by atoms with van der Waals surface area (Å²) in [6.07, 6.45) is 5.85. The van der Waals surface area contributed by atoms with E-state index in [1.54, 1.807) is 0 Å². The number of imidazole rings is 1. The van der Waals surface area contributed by atoms with E-state index in [1.165, 1.54) is 0 Å². The Bertz CT molecular complexity index is 1180. The van der Waals surface area contributed by atoms with E-state index in [0.29, 0.717) is 0 Å². The maximum Gasteiger partial charge on any atom is 0.153 e. The lowest BCUT2D eigenvalue weighted by atomic mass is 10.2. The molecule has 0 aliphatic heterocycles. The summed E-state index contributed by atoms with van der Waals surface area (Å²) < 4.78 is 8.11. The van der Waals surface area contributed by atoms with Crippen molar-refractivity contribution < 1.29 is 4.42 Å². The highest BCUT2D eigenvalue weighted by molar-refractivity contribution is 5.82. The highest BCUT2D eigenvalue weighted by atomic mass is 16.3. The molecule has 0 bridgehead atoms.